The van der Waals surface area contributed by atoms with Gasteiger partial charge in [0.25, 0.3) is 0 Å². The minimum Gasteiger partial charge on any atom is -0.493 e. The molecule has 6 heteroatoms. The average molecular weight is 305 g/mol. The molecule has 1 aromatic carbocycles. The minimum atomic E-state index is 0.605. The van der Waals surface area contributed by atoms with E-state index in [4.69, 9.17) is 21.7 Å². The summed E-state index contributed by atoms with van der Waals surface area (Å²) in [5.41, 5.74) is 2.10. The number of nitrogens with one attached hydrogen (secondary N) is 1. The zero-order valence-corrected chi connectivity index (χ0v) is 13.3. The lowest BCUT2D eigenvalue weighted by Gasteiger charge is -2.10. The fourth-order valence-electron chi connectivity index (χ4n) is 2.09. The van der Waals surface area contributed by atoms with Gasteiger partial charge < -0.3 is 9.47 Å². The summed E-state index contributed by atoms with van der Waals surface area (Å²) in [6.07, 6.45) is 0.654. The molecule has 2 aromatic rings. The van der Waals surface area contributed by atoms with Crippen LogP contribution in [-0.4, -0.2) is 29.0 Å². The molecule has 0 aliphatic heterocycles. The average Bonchev–Trinajstić information content (AvgIpc) is 2.79. The van der Waals surface area contributed by atoms with Crippen molar-refractivity contribution < 1.29 is 9.47 Å². The fraction of sp³-hybridized carbons (Fsp3) is 0.333. The van der Waals surface area contributed by atoms with Crippen LogP contribution in [0.25, 0.3) is 0 Å². The Balaban J connectivity index is 2.30. The Kier molecular flexibility index (Phi) is 4.80. The van der Waals surface area contributed by atoms with E-state index < -0.39 is 0 Å². The molecule has 112 valence electrons. The first-order valence-electron chi connectivity index (χ1n) is 6.54. The number of methoxy groups -OCH3 is 2. The van der Waals surface area contributed by atoms with Crippen molar-refractivity contribution in [3.05, 3.63) is 46.5 Å². The fourth-order valence-corrected chi connectivity index (χ4v) is 2.31. The molecule has 0 bridgehead atoms. The Morgan fingerprint density at radius 2 is 2.05 bits per heavy atom. The zero-order valence-electron chi connectivity index (χ0n) is 12.5. The first kappa shape index (κ1) is 15.3. The third-order valence-electron chi connectivity index (χ3n) is 3.08. The van der Waals surface area contributed by atoms with Gasteiger partial charge in [-0.3, -0.25) is 9.67 Å². The van der Waals surface area contributed by atoms with Crippen molar-refractivity contribution >= 4 is 12.2 Å². The summed E-state index contributed by atoms with van der Waals surface area (Å²) in [6, 6.07) is 5.82. The van der Waals surface area contributed by atoms with Crippen molar-refractivity contribution in [3.63, 3.8) is 0 Å². The third-order valence-corrected chi connectivity index (χ3v) is 3.39. The number of aromatic amines is 1. The van der Waals surface area contributed by atoms with Gasteiger partial charge in [0.05, 0.1) is 14.2 Å². The maximum Gasteiger partial charge on any atom is 0.195 e. The number of aromatic nitrogens is 3. The molecule has 0 fully saturated rings. The predicted octanol–water partition coefficient (Wildman–Crippen LogP) is 3.12. The van der Waals surface area contributed by atoms with Crippen LogP contribution in [0.3, 0.4) is 0 Å². The molecular weight excluding hydrogens is 286 g/mol. The molecule has 0 aliphatic carbocycles. The van der Waals surface area contributed by atoms with Gasteiger partial charge in [-0.25, -0.2) is 0 Å². The Bertz CT molecular complexity index is 703. The monoisotopic (exact) mass is 305 g/mol. The molecule has 0 spiro atoms. The molecular formula is C15H19N3O2S. The summed E-state index contributed by atoms with van der Waals surface area (Å²) in [5, 5.41) is 7.13. The van der Waals surface area contributed by atoms with E-state index in [1.807, 2.05) is 29.7 Å². The number of rotatable bonds is 6. The van der Waals surface area contributed by atoms with Crippen LogP contribution in [0.5, 0.6) is 11.5 Å². The second-order valence-electron chi connectivity index (χ2n) is 4.85. The number of nitrogens with zero attached hydrogens (tertiary/aromatic N) is 2. The maximum atomic E-state index is 5.32. The van der Waals surface area contributed by atoms with Crippen molar-refractivity contribution in [3.8, 4) is 11.5 Å². The van der Waals surface area contributed by atoms with Crippen LogP contribution >= 0.6 is 12.2 Å². The summed E-state index contributed by atoms with van der Waals surface area (Å²) in [5.74, 6) is 2.29. The van der Waals surface area contributed by atoms with Gasteiger partial charge in [0.1, 0.15) is 5.82 Å². The molecule has 0 unspecified atom stereocenters. The normalized spacial score (nSPS) is 10.4. The summed E-state index contributed by atoms with van der Waals surface area (Å²) in [6.45, 7) is 6.56. The van der Waals surface area contributed by atoms with Crippen LogP contribution in [-0.2, 0) is 13.0 Å². The Hall–Kier alpha value is -2.08. The Labute approximate surface area is 129 Å². The van der Waals surface area contributed by atoms with E-state index in [9.17, 15) is 0 Å². The van der Waals surface area contributed by atoms with Gasteiger partial charge in [-0.2, -0.15) is 5.10 Å². The smallest absolute Gasteiger partial charge is 0.195 e. The van der Waals surface area contributed by atoms with E-state index in [-0.39, 0.29) is 0 Å². The van der Waals surface area contributed by atoms with Crippen LogP contribution in [0.1, 0.15) is 18.3 Å². The number of H-pyrrole nitrogens is 1. The van der Waals surface area contributed by atoms with Crippen LogP contribution in [0, 0.1) is 4.77 Å². The molecule has 1 N–H and O–H groups in total. The lowest BCUT2D eigenvalue weighted by atomic mass is 10.1. The first-order chi connectivity index (χ1) is 10.0. The van der Waals surface area contributed by atoms with Gasteiger partial charge in [0, 0.05) is 13.0 Å². The van der Waals surface area contributed by atoms with E-state index in [1.54, 1.807) is 14.2 Å². The van der Waals surface area contributed by atoms with Gasteiger partial charge in [-0.1, -0.05) is 18.2 Å². The summed E-state index contributed by atoms with van der Waals surface area (Å²) in [7, 11) is 3.24. The van der Waals surface area contributed by atoms with Gasteiger partial charge in [0.2, 0.25) is 0 Å². The number of ether oxygens (including phenoxy) is 2. The molecule has 0 aliphatic rings. The van der Waals surface area contributed by atoms with Gasteiger partial charge >= 0.3 is 0 Å². The highest BCUT2D eigenvalue weighted by Gasteiger charge is 2.10. The van der Waals surface area contributed by atoms with E-state index in [1.165, 1.54) is 0 Å². The van der Waals surface area contributed by atoms with Crippen molar-refractivity contribution in [2.24, 2.45) is 0 Å². The number of allylic oxidation sites excluding steroid dienone is 1. The maximum absolute atomic E-state index is 5.32. The highest BCUT2D eigenvalue weighted by molar-refractivity contribution is 7.71. The van der Waals surface area contributed by atoms with Crippen molar-refractivity contribution in [1.82, 2.24) is 14.8 Å². The van der Waals surface area contributed by atoms with E-state index in [0.29, 0.717) is 29.2 Å². The Morgan fingerprint density at radius 3 is 2.67 bits per heavy atom. The van der Waals surface area contributed by atoms with Crippen LogP contribution in [0.4, 0.5) is 0 Å². The predicted molar refractivity (Wildman–Crippen MR) is 84.6 cm³/mol. The van der Waals surface area contributed by atoms with Crippen LogP contribution in [0.15, 0.2) is 30.4 Å². The number of hydrogen-bond acceptors (Lipinski definition) is 4. The molecule has 1 heterocycles. The van der Waals surface area contributed by atoms with E-state index in [2.05, 4.69) is 16.8 Å². The Morgan fingerprint density at radius 1 is 1.33 bits per heavy atom. The van der Waals surface area contributed by atoms with E-state index in [0.717, 1.165) is 17.0 Å². The zero-order chi connectivity index (χ0) is 15.4. The lowest BCUT2D eigenvalue weighted by Crippen LogP contribution is -2.06. The standard InChI is InChI=1S/C15H19N3O2S/c1-10(2)9-18-14(16-17-15(18)21)8-11-5-6-12(19-3)13(7-11)20-4/h5-7H,1,8-9H2,2-4H3,(H,17,21). The molecule has 5 nitrogen and oxygen atoms in total. The summed E-state index contributed by atoms with van der Waals surface area (Å²) >= 11 is 5.25. The molecule has 0 amide bonds. The second-order valence-corrected chi connectivity index (χ2v) is 5.24. The van der Waals surface area contributed by atoms with E-state index >= 15 is 0 Å². The van der Waals surface area contributed by atoms with Gasteiger partial charge in [-0.15, -0.1) is 0 Å². The summed E-state index contributed by atoms with van der Waals surface area (Å²) in [4.78, 5) is 0. The highest BCUT2D eigenvalue weighted by Crippen LogP contribution is 2.28. The highest BCUT2D eigenvalue weighted by atomic mass is 32.1. The molecule has 1 aromatic heterocycles. The van der Waals surface area contributed by atoms with Crippen LogP contribution < -0.4 is 9.47 Å². The molecule has 0 saturated heterocycles. The van der Waals surface area contributed by atoms with Gasteiger partial charge in [-0.05, 0) is 36.8 Å². The first-order valence-corrected chi connectivity index (χ1v) is 6.95. The van der Waals surface area contributed by atoms with Gasteiger partial charge in [0.15, 0.2) is 16.3 Å². The lowest BCUT2D eigenvalue weighted by molar-refractivity contribution is 0.354. The van der Waals surface area contributed by atoms with Crippen LogP contribution in [0.2, 0.25) is 0 Å². The molecule has 2 rings (SSSR count). The molecule has 0 atom stereocenters. The quantitative estimate of drug-likeness (QED) is 0.658. The number of benzene rings is 1. The molecule has 0 saturated carbocycles. The topological polar surface area (TPSA) is 52.1 Å². The number of hydrogen-bond donors (Lipinski definition) is 1. The SMILES string of the molecule is C=C(C)Cn1c(Cc2ccc(OC)c(OC)c2)n[nH]c1=S. The summed E-state index contributed by atoms with van der Waals surface area (Å²) < 4.78 is 13.1. The third kappa shape index (κ3) is 3.52. The largest absolute Gasteiger partial charge is 0.493 e. The molecule has 0 radical (unpaired) electrons. The van der Waals surface area contributed by atoms with Crippen molar-refractivity contribution in [2.75, 3.05) is 14.2 Å². The minimum absolute atomic E-state index is 0.605. The van der Waals surface area contributed by atoms with Crippen molar-refractivity contribution in [1.29, 1.82) is 0 Å². The molecule has 21 heavy (non-hydrogen) atoms. The second kappa shape index (κ2) is 6.58. The van der Waals surface area contributed by atoms with Crippen molar-refractivity contribution in [2.45, 2.75) is 19.9 Å².